The number of aromatic nitrogens is 4. The minimum Gasteiger partial charge on any atom is -0.486 e. The molecule has 0 atom stereocenters. The van der Waals surface area contributed by atoms with E-state index in [-0.39, 0.29) is 12.4 Å². The van der Waals surface area contributed by atoms with E-state index < -0.39 is 6.61 Å². The SMILES string of the molecule is O=Cc1ccc(OCc2nnnn2-c2ccc(OC(F)F)cc2)cc1. The summed E-state index contributed by atoms with van der Waals surface area (Å²) >= 11 is 0. The number of benzene rings is 2. The highest BCUT2D eigenvalue weighted by Gasteiger charge is 2.10. The minimum absolute atomic E-state index is 0.0416. The maximum atomic E-state index is 12.2. The Morgan fingerprint density at radius 1 is 1.04 bits per heavy atom. The smallest absolute Gasteiger partial charge is 0.387 e. The van der Waals surface area contributed by atoms with Crippen LogP contribution >= 0.6 is 0 Å². The molecule has 0 unspecified atom stereocenters. The van der Waals surface area contributed by atoms with Gasteiger partial charge in [0.15, 0.2) is 5.82 Å². The van der Waals surface area contributed by atoms with E-state index in [1.807, 2.05) is 0 Å². The van der Waals surface area contributed by atoms with Crippen molar-refractivity contribution >= 4 is 6.29 Å². The third-order valence-electron chi connectivity index (χ3n) is 3.22. The highest BCUT2D eigenvalue weighted by Crippen LogP contribution is 2.18. The maximum Gasteiger partial charge on any atom is 0.387 e. The van der Waals surface area contributed by atoms with E-state index >= 15 is 0 Å². The predicted octanol–water partition coefficient (Wildman–Crippen LogP) is 2.66. The average molecular weight is 346 g/mol. The lowest BCUT2D eigenvalue weighted by Gasteiger charge is -2.08. The first-order valence-electron chi connectivity index (χ1n) is 7.16. The molecule has 25 heavy (non-hydrogen) atoms. The van der Waals surface area contributed by atoms with E-state index in [4.69, 9.17) is 4.74 Å². The number of nitrogens with zero attached hydrogens (tertiary/aromatic N) is 4. The van der Waals surface area contributed by atoms with Gasteiger partial charge in [-0.2, -0.15) is 13.5 Å². The second kappa shape index (κ2) is 7.47. The van der Waals surface area contributed by atoms with Gasteiger partial charge in [0.2, 0.25) is 0 Å². The van der Waals surface area contributed by atoms with E-state index in [2.05, 4.69) is 20.3 Å². The summed E-state index contributed by atoms with van der Waals surface area (Å²) in [6.07, 6.45) is 0.742. The average Bonchev–Trinajstić information content (AvgIpc) is 3.09. The van der Waals surface area contributed by atoms with Crippen molar-refractivity contribution in [1.29, 1.82) is 0 Å². The number of carbonyl (C=O) groups excluding carboxylic acids is 1. The first-order valence-corrected chi connectivity index (χ1v) is 7.16. The van der Waals surface area contributed by atoms with Crippen molar-refractivity contribution in [3.05, 3.63) is 59.9 Å². The molecule has 0 aliphatic carbocycles. The molecule has 0 radical (unpaired) electrons. The Hall–Kier alpha value is -3.36. The summed E-state index contributed by atoms with van der Waals surface area (Å²) in [5, 5.41) is 11.3. The van der Waals surface area contributed by atoms with Crippen LogP contribution in [0.1, 0.15) is 16.2 Å². The van der Waals surface area contributed by atoms with E-state index in [0.29, 0.717) is 22.8 Å². The summed E-state index contributed by atoms with van der Waals surface area (Å²) in [5.41, 5.74) is 1.12. The molecule has 0 N–H and O–H groups in total. The lowest BCUT2D eigenvalue weighted by molar-refractivity contribution is -0.0498. The highest BCUT2D eigenvalue weighted by molar-refractivity contribution is 5.74. The van der Waals surface area contributed by atoms with Crippen LogP contribution in [0.4, 0.5) is 8.78 Å². The summed E-state index contributed by atoms with van der Waals surface area (Å²) in [4.78, 5) is 10.6. The largest absolute Gasteiger partial charge is 0.486 e. The van der Waals surface area contributed by atoms with E-state index in [9.17, 15) is 13.6 Å². The van der Waals surface area contributed by atoms with Gasteiger partial charge in [-0.25, -0.2) is 0 Å². The lowest BCUT2D eigenvalue weighted by atomic mass is 10.2. The fourth-order valence-corrected chi connectivity index (χ4v) is 2.06. The zero-order valence-corrected chi connectivity index (χ0v) is 12.8. The number of tetrazole rings is 1. The Labute approximate surface area is 140 Å². The number of aldehydes is 1. The van der Waals surface area contributed by atoms with Crippen LogP contribution in [-0.4, -0.2) is 33.1 Å². The first-order chi connectivity index (χ1) is 12.2. The number of hydrogen-bond acceptors (Lipinski definition) is 6. The quantitative estimate of drug-likeness (QED) is 0.612. The van der Waals surface area contributed by atoms with Crippen LogP contribution in [0.5, 0.6) is 11.5 Å². The van der Waals surface area contributed by atoms with Gasteiger partial charge < -0.3 is 9.47 Å². The molecule has 0 saturated carbocycles. The first kappa shape index (κ1) is 16.5. The summed E-state index contributed by atoms with van der Waals surface area (Å²) in [5.74, 6) is 1.02. The zero-order chi connectivity index (χ0) is 17.6. The topological polar surface area (TPSA) is 79.1 Å². The van der Waals surface area contributed by atoms with Gasteiger partial charge in [0.1, 0.15) is 24.4 Å². The molecular formula is C16H12F2N4O3. The molecule has 9 heteroatoms. The number of alkyl halides is 2. The molecule has 1 heterocycles. The molecule has 3 rings (SSSR count). The van der Waals surface area contributed by atoms with Crippen molar-refractivity contribution in [3.63, 3.8) is 0 Å². The van der Waals surface area contributed by atoms with Crippen LogP contribution in [0.3, 0.4) is 0 Å². The Balaban J connectivity index is 1.70. The third-order valence-corrected chi connectivity index (χ3v) is 3.22. The van der Waals surface area contributed by atoms with Gasteiger partial charge in [-0.1, -0.05) is 0 Å². The van der Waals surface area contributed by atoms with Gasteiger partial charge in [-0.15, -0.1) is 5.10 Å². The number of carbonyl (C=O) groups is 1. The highest BCUT2D eigenvalue weighted by atomic mass is 19.3. The van der Waals surface area contributed by atoms with Crippen LogP contribution in [0.15, 0.2) is 48.5 Å². The molecular weight excluding hydrogens is 334 g/mol. The van der Waals surface area contributed by atoms with E-state index in [1.54, 1.807) is 36.4 Å². The summed E-state index contributed by atoms with van der Waals surface area (Å²) in [6, 6.07) is 12.5. The van der Waals surface area contributed by atoms with Crippen LogP contribution in [0.2, 0.25) is 0 Å². The van der Waals surface area contributed by atoms with Crippen LogP contribution < -0.4 is 9.47 Å². The van der Waals surface area contributed by atoms with Crippen molar-refractivity contribution in [2.24, 2.45) is 0 Å². The maximum absolute atomic E-state index is 12.2. The Morgan fingerprint density at radius 2 is 1.72 bits per heavy atom. The van der Waals surface area contributed by atoms with Crippen LogP contribution in [-0.2, 0) is 6.61 Å². The van der Waals surface area contributed by atoms with Gasteiger partial charge in [-0.3, -0.25) is 4.79 Å². The van der Waals surface area contributed by atoms with Gasteiger partial charge >= 0.3 is 6.61 Å². The zero-order valence-electron chi connectivity index (χ0n) is 12.8. The molecule has 0 aliphatic heterocycles. The second-order valence-corrected chi connectivity index (χ2v) is 4.85. The van der Waals surface area contributed by atoms with Crippen molar-refractivity contribution < 1.29 is 23.0 Å². The molecule has 7 nitrogen and oxygen atoms in total. The van der Waals surface area contributed by atoms with Crippen LogP contribution in [0.25, 0.3) is 5.69 Å². The lowest BCUT2D eigenvalue weighted by Crippen LogP contribution is -2.07. The van der Waals surface area contributed by atoms with Crippen molar-refractivity contribution in [3.8, 4) is 17.2 Å². The molecule has 0 fully saturated rings. The fourth-order valence-electron chi connectivity index (χ4n) is 2.06. The summed E-state index contributed by atoms with van der Waals surface area (Å²) in [7, 11) is 0. The van der Waals surface area contributed by atoms with Gasteiger partial charge in [0, 0.05) is 5.56 Å². The molecule has 3 aromatic rings. The Morgan fingerprint density at radius 3 is 2.36 bits per heavy atom. The molecule has 0 bridgehead atoms. The number of ether oxygens (including phenoxy) is 2. The van der Waals surface area contributed by atoms with Crippen LogP contribution in [0, 0.1) is 0 Å². The summed E-state index contributed by atoms with van der Waals surface area (Å²) < 4.78 is 35.6. The van der Waals surface area contributed by atoms with Crippen molar-refractivity contribution in [2.45, 2.75) is 13.2 Å². The van der Waals surface area contributed by atoms with Gasteiger partial charge in [-0.05, 0) is 59.0 Å². The molecule has 128 valence electrons. The normalized spacial score (nSPS) is 10.7. The molecule has 0 aliphatic rings. The third kappa shape index (κ3) is 4.14. The molecule has 0 saturated heterocycles. The Kier molecular flexibility index (Phi) is 4.93. The number of rotatable bonds is 7. The Bertz CT molecular complexity index is 835. The second-order valence-electron chi connectivity index (χ2n) is 4.85. The van der Waals surface area contributed by atoms with Gasteiger partial charge in [0.05, 0.1) is 5.69 Å². The predicted molar refractivity (Wildman–Crippen MR) is 81.9 cm³/mol. The van der Waals surface area contributed by atoms with E-state index in [1.165, 1.54) is 16.8 Å². The minimum atomic E-state index is -2.88. The molecule has 1 aromatic heterocycles. The van der Waals surface area contributed by atoms with Crippen molar-refractivity contribution in [2.75, 3.05) is 0 Å². The van der Waals surface area contributed by atoms with Gasteiger partial charge in [0.25, 0.3) is 0 Å². The molecule has 0 amide bonds. The standard InChI is InChI=1S/C16H12F2N4O3/c17-16(18)25-14-7-3-12(4-8-14)22-15(19-20-21-22)10-24-13-5-1-11(9-23)2-6-13/h1-9,16H,10H2. The fraction of sp³-hybridized carbons (Fsp3) is 0.125. The molecule has 2 aromatic carbocycles. The summed E-state index contributed by atoms with van der Waals surface area (Å²) in [6.45, 7) is -2.80. The number of hydrogen-bond donors (Lipinski definition) is 0. The number of halogens is 2. The molecule has 0 spiro atoms. The monoisotopic (exact) mass is 346 g/mol. The van der Waals surface area contributed by atoms with E-state index in [0.717, 1.165) is 6.29 Å². The van der Waals surface area contributed by atoms with Crippen molar-refractivity contribution in [1.82, 2.24) is 20.2 Å².